The van der Waals surface area contributed by atoms with E-state index in [1.807, 2.05) is 6.07 Å². The van der Waals surface area contributed by atoms with Crippen LogP contribution in [0.5, 0.6) is 0 Å². The lowest BCUT2D eigenvalue weighted by atomic mass is 9.99. The molecule has 1 heterocycles. The Labute approximate surface area is 108 Å². The lowest BCUT2D eigenvalue weighted by molar-refractivity contribution is 0.214. The van der Waals surface area contributed by atoms with Gasteiger partial charge in [0.15, 0.2) is 0 Å². The Kier molecular flexibility index (Phi) is 4.10. The van der Waals surface area contributed by atoms with Crippen LogP contribution in [0, 0.1) is 6.92 Å². The van der Waals surface area contributed by atoms with E-state index in [4.69, 9.17) is 18.0 Å². The molecule has 0 radical (unpaired) electrons. The van der Waals surface area contributed by atoms with Gasteiger partial charge in [0, 0.05) is 26.2 Å². The number of thiocarbonyl (C=S) groups is 1. The Balaban J connectivity index is 2.28. The predicted octanol–water partition coefficient (Wildman–Crippen LogP) is 1.23. The van der Waals surface area contributed by atoms with E-state index in [9.17, 15) is 0 Å². The maximum Gasteiger partial charge on any atom is 0.0948 e. The fourth-order valence-electron chi connectivity index (χ4n) is 2.36. The van der Waals surface area contributed by atoms with Crippen LogP contribution in [0.25, 0.3) is 0 Å². The van der Waals surface area contributed by atoms with Gasteiger partial charge in [0.25, 0.3) is 0 Å². The molecule has 0 bridgehead atoms. The molecule has 2 rings (SSSR count). The fraction of sp³-hybridized carbons (Fsp3) is 0.462. The predicted molar refractivity (Wildman–Crippen MR) is 75.1 cm³/mol. The van der Waals surface area contributed by atoms with Crippen molar-refractivity contribution in [2.24, 2.45) is 5.73 Å². The number of nitrogens with one attached hydrogen (secondary N) is 1. The summed E-state index contributed by atoms with van der Waals surface area (Å²) in [4.78, 5) is 2.93. The minimum Gasteiger partial charge on any atom is -0.392 e. The van der Waals surface area contributed by atoms with Crippen molar-refractivity contribution in [1.29, 1.82) is 0 Å². The zero-order chi connectivity index (χ0) is 12.3. The SMILES string of the molecule is Cc1ccccc1C(C(N)=S)N1CCNCC1. The number of rotatable bonds is 3. The van der Waals surface area contributed by atoms with Crippen LogP contribution < -0.4 is 11.1 Å². The molecule has 92 valence electrons. The van der Waals surface area contributed by atoms with Crippen molar-refractivity contribution < 1.29 is 0 Å². The largest absolute Gasteiger partial charge is 0.392 e. The van der Waals surface area contributed by atoms with Crippen LogP contribution in [0.4, 0.5) is 0 Å². The second-order valence-corrected chi connectivity index (χ2v) is 4.92. The average Bonchev–Trinajstić information content (AvgIpc) is 2.33. The molecule has 1 aromatic carbocycles. The molecular weight excluding hydrogens is 230 g/mol. The Hall–Kier alpha value is -0.970. The van der Waals surface area contributed by atoms with Crippen LogP contribution in [0.3, 0.4) is 0 Å². The van der Waals surface area contributed by atoms with Gasteiger partial charge in [-0.25, -0.2) is 0 Å². The van der Waals surface area contributed by atoms with E-state index in [0.29, 0.717) is 4.99 Å². The van der Waals surface area contributed by atoms with Crippen molar-refractivity contribution in [3.63, 3.8) is 0 Å². The average molecular weight is 249 g/mol. The summed E-state index contributed by atoms with van der Waals surface area (Å²) in [6.07, 6.45) is 0. The summed E-state index contributed by atoms with van der Waals surface area (Å²) in [7, 11) is 0. The highest BCUT2D eigenvalue weighted by Crippen LogP contribution is 2.24. The molecule has 0 saturated carbocycles. The molecule has 3 N–H and O–H groups in total. The monoisotopic (exact) mass is 249 g/mol. The van der Waals surface area contributed by atoms with E-state index in [-0.39, 0.29) is 6.04 Å². The highest BCUT2D eigenvalue weighted by molar-refractivity contribution is 7.80. The van der Waals surface area contributed by atoms with Crippen LogP contribution in [0.1, 0.15) is 17.2 Å². The molecule has 1 unspecified atom stereocenters. The number of hydrogen-bond donors (Lipinski definition) is 2. The molecule has 1 fully saturated rings. The van der Waals surface area contributed by atoms with Crippen LogP contribution in [0.2, 0.25) is 0 Å². The minimum absolute atomic E-state index is 0.0771. The minimum atomic E-state index is 0.0771. The van der Waals surface area contributed by atoms with E-state index in [1.165, 1.54) is 11.1 Å². The van der Waals surface area contributed by atoms with Crippen molar-refractivity contribution in [3.05, 3.63) is 35.4 Å². The number of benzene rings is 1. The summed E-state index contributed by atoms with van der Waals surface area (Å²) < 4.78 is 0. The lowest BCUT2D eigenvalue weighted by Gasteiger charge is -2.35. The lowest BCUT2D eigenvalue weighted by Crippen LogP contribution is -2.48. The molecule has 0 aromatic heterocycles. The van der Waals surface area contributed by atoms with Crippen molar-refractivity contribution in [1.82, 2.24) is 10.2 Å². The molecule has 0 aliphatic carbocycles. The first-order valence-corrected chi connectivity index (χ1v) is 6.40. The number of hydrogen-bond acceptors (Lipinski definition) is 3. The van der Waals surface area contributed by atoms with Crippen molar-refractivity contribution in [2.45, 2.75) is 13.0 Å². The topological polar surface area (TPSA) is 41.3 Å². The summed E-state index contributed by atoms with van der Waals surface area (Å²) in [6, 6.07) is 8.42. The van der Waals surface area contributed by atoms with E-state index in [1.54, 1.807) is 0 Å². The van der Waals surface area contributed by atoms with E-state index in [0.717, 1.165) is 26.2 Å². The second-order valence-electron chi connectivity index (χ2n) is 4.45. The Morgan fingerprint density at radius 3 is 2.59 bits per heavy atom. The summed E-state index contributed by atoms with van der Waals surface area (Å²) >= 11 is 5.26. The molecule has 17 heavy (non-hydrogen) atoms. The number of nitrogens with two attached hydrogens (primary N) is 1. The molecule has 1 aromatic rings. The van der Waals surface area contributed by atoms with Gasteiger partial charge in [0.2, 0.25) is 0 Å². The van der Waals surface area contributed by atoms with Gasteiger partial charge >= 0.3 is 0 Å². The third-order valence-corrected chi connectivity index (χ3v) is 3.49. The number of nitrogens with zero attached hydrogens (tertiary/aromatic N) is 1. The van der Waals surface area contributed by atoms with Crippen LogP contribution >= 0.6 is 12.2 Å². The van der Waals surface area contributed by atoms with Crippen LogP contribution in [0.15, 0.2) is 24.3 Å². The third kappa shape index (κ3) is 2.83. The number of aryl methyl sites for hydroxylation is 1. The van der Waals surface area contributed by atoms with E-state index in [2.05, 4.69) is 35.3 Å². The third-order valence-electron chi connectivity index (χ3n) is 3.27. The quantitative estimate of drug-likeness (QED) is 0.791. The summed E-state index contributed by atoms with van der Waals surface area (Å²) in [5, 5.41) is 3.35. The molecular formula is C13H19N3S. The Morgan fingerprint density at radius 1 is 1.35 bits per heavy atom. The molecule has 1 aliphatic rings. The van der Waals surface area contributed by atoms with Gasteiger partial charge in [-0.15, -0.1) is 0 Å². The maximum atomic E-state index is 5.94. The molecule has 1 aliphatic heterocycles. The van der Waals surface area contributed by atoms with Gasteiger partial charge in [0.05, 0.1) is 11.0 Å². The maximum absolute atomic E-state index is 5.94. The molecule has 0 amide bonds. The summed E-state index contributed by atoms with van der Waals surface area (Å²) in [6.45, 7) is 6.12. The molecule has 0 spiro atoms. The van der Waals surface area contributed by atoms with Gasteiger partial charge in [-0.2, -0.15) is 0 Å². The van der Waals surface area contributed by atoms with Gasteiger partial charge in [-0.3, -0.25) is 4.90 Å². The van der Waals surface area contributed by atoms with Gasteiger partial charge < -0.3 is 11.1 Å². The second kappa shape index (κ2) is 5.58. The first kappa shape index (κ1) is 12.5. The van der Waals surface area contributed by atoms with Crippen LogP contribution in [-0.4, -0.2) is 36.1 Å². The Bertz CT molecular complexity index is 399. The zero-order valence-corrected chi connectivity index (χ0v) is 11.0. The first-order chi connectivity index (χ1) is 8.20. The van der Waals surface area contributed by atoms with Gasteiger partial charge in [0.1, 0.15) is 0 Å². The van der Waals surface area contributed by atoms with E-state index >= 15 is 0 Å². The first-order valence-electron chi connectivity index (χ1n) is 6.00. The zero-order valence-electron chi connectivity index (χ0n) is 10.1. The highest BCUT2D eigenvalue weighted by Gasteiger charge is 2.25. The van der Waals surface area contributed by atoms with Crippen molar-refractivity contribution >= 4 is 17.2 Å². The molecule has 1 saturated heterocycles. The molecule has 3 nitrogen and oxygen atoms in total. The van der Waals surface area contributed by atoms with Crippen LogP contribution in [-0.2, 0) is 0 Å². The summed E-state index contributed by atoms with van der Waals surface area (Å²) in [5.41, 5.74) is 8.43. The van der Waals surface area contributed by atoms with E-state index < -0.39 is 0 Å². The standard InChI is InChI=1S/C13H19N3S/c1-10-4-2-3-5-11(10)12(13(14)17)16-8-6-15-7-9-16/h2-5,12,15H,6-9H2,1H3,(H2,14,17). The number of piperazine rings is 1. The fourth-order valence-corrected chi connectivity index (χ4v) is 2.64. The summed E-state index contributed by atoms with van der Waals surface area (Å²) in [5.74, 6) is 0. The van der Waals surface area contributed by atoms with Crippen molar-refractivity contribution in [2.75, 3.05) is 26.2 Å². The molecule has 1 atom stereocenters. The Morgan fingerprint density at radius 2 is 2.00 bits per heavy atom. The van der Waals surface area contributed by atoms with Gasteiger partial charge in [-0.1, -0.05) is 36.5 Å². The van der Waals surface area contributed by atoms with Crippen molar-refractivity contribution in [3.8, 4) is 0 Å². The highest BCUT2D eigenvalue weighted by atomic mass is 32.1. The normalized spacial score (nSPS) is 18.9. The smallest absolute Gasteiger partial charge is 0.0948 e. The van der Waals surface area contributed by atoms with Gasteiger partial charge in [-0.05, 0) is 18.1 Å². The molecule has 4 heteroatoms.